The lowest BCUT2D eigenvalue weighted by atomic mass is 10.00. The average molecular weight is 249 g/mol. The van der Waals surface area contributed by atoms with Crippen LogP contribution >= 0.6 is 0 Å². The molecule has 0 aliphatic rings. The summed E-state index contributed by atoms with van der Waals surface area (Å²) >= 11 is 0. The molecule has 1 unspecified atom stereocenters. The smallest absolute Gasteiger partial charge is 0.159 e. The molecule has 18 heavy (non-hydrogen) atoms. The number of hydrazine groups is 1. The van der Waals surface area contributed by atoms with Crippen molar-refractivity contribution in [2.24, 2.45) is 5.84 Å². The first-order valence-electron chi connectivity index (χ1n) is 5.50. The highest BCUT2D eigenvalue weighted by Crippen LogP contribution is 2.19. The molecular weight excluding hydrogens is 236 g/mol. The predicted octanol–water partition coefficient (Wildman–Crippen LogP) is 2.11. The Labute approximate surface area is 104 Å². The van der Waals surface area contributed by atoms with E-state index in [1.54, 1.807) is 12.4 Å². The van der Waals surface area contributed by atoms with E-state index in [4.69, 9.17) is 5.84 Å². The van der Waals surface area contributed by atoms with Gasteiger partial charge in [0.15, 0.2) is 11.6 Å². The lowest BCUT2D eigenvalue weighted by Gasteiger charge is -2.16. The molecule has 2 aromatic rings. The summed E-state index contributed by atoms with van der Waals surface area (Å²) in [5, 5.41) is 0. The van der Waals surface area contributed by atoms with Crippen LogP contribution in [0.5, 0.6) is 0 Å². The van der Waals surface area contributed by atoms with Gasteiger partial charge in [-0.15, -0.1) is 0 Å². The topological polar surface area (TPSA) is 50.9 Å². The van der Waals surface area contributed by atoms with Gasteiger partial charge in [-0.1, -0.05) is 6.07 Å². The van der Waals surface area contributed by atoms with Gasteiger partial charge in [-0.2, -0.15) is 0 Å². The molecule has 0 aliphatic carbocycles. The molecule has 94 valence electrons. The van der Waals surface area contributed by atoms with Crippen LogP contribution in [0.1, 0.15) is 17.2 Å². The molecule has 0 bridgehead atoms. The van der Waals surface area contributed by atoms with E-state index >= 15 is 0 Å². The monoisotopic (exact) mass is 249 g/mol. The molecule has 5 heteroatoms. The third-order valence-electron chi connectivity index (χ3n) is 2.74. The first-order chi connectivity index (χ1) is 8.70. The maximum atomic E-state index is 13.2. The van der Waals surface area contributed by atoms with Crippen molar-refractivity contribution in [1.29, 1.82) is 0 Å². The van der Waals surface area contributed by atoms with Crippen molar-refractivity contribution in [2.45, 2.75) is 12.5 Å². The molecule has 3 N–H and O–H groups in total. The quantitative estimate of drug-likeness (QED) is 0.644. The van der Waals surface area contributed by atoms with Gasteiger partial charge < -0.3 is 0 Å². The Morgan fingerprint density at radius 2 is 1.83 bits per heavy atom. The van der Waals surface area contributed by atoms with E-state index in [2.05, 4.69) is 10.4 Å². The molecule has 0 saturated carbocycles. The number of pyridine rings is 1. The van der Waals surface area contributed by atoms with Crippen LogP contribution in [0.3, 0.4) is 0 Å². The minimum atomic E-state index is -0.873. The predicted molar refractivity (Wildman–Crippen MR) is 64.4 cm³/mol. The highest BCUT2D eigenvalue weighted by molar-refractivity contribution is 5.24. The number of rotatable bonds is 4. The van der Waals surface area contributed by atoms with Gasteiger partial charge in [-0.25, -0.2) is 8.78 Å². The fourth-order valence-corrected chi connectivity index (χ4v) is 1.76. The molecule has 1 aromatic heterocycles. The van der Waals surface area contributed by atoms with Crippen molar-refractivity contribution in [3.63, 3.8) is 0 Å². The van der Waals surface area contributed by atoms with Gasteiger partial charge in [0.2, 0.25) is 0 Å². The number of halogens is 2. The second kappa shape index (κ2) is 5.66. The summed E-state index contributed by atoms with van der Waals surface area (Å²) in [4.78, 5) is 3.92. The summed E-state index contributed by atoms with van der Waals surface area (Å²) in [6, 6.07) is 7.20. The highest BCUT2D eigenvalue weighted by atomic mass is 19.2. The van der Waals surface area contributed by atoms with Crippen LogP contribution in [0.4, 0.5) is 8.78 Å². The second-order valence-corrected chi connectivity index (χ2v) is 3.95. The van der Waals surface area contributed by atoms with E-state index in [9.17, 15) is 8.78 Å². The van der Waals surface area contributed by atoms with Crippen LogP contribution in [0.15, 0.2) is 42.7 Å². The fraction of sp³-hybridized carbons (Fsp3) is 0.154. The van der Waals surface area contributed by atoms with E-state index in [1.807, 2.05) is 12.1 Å². The minimum Gasteiger partial charge on any atom is -0.271 e. The third-order valence-corrected chi connectivity index (χ3v) is 2.74. The van der Waals surface area contributed by atoms with Crippen LogP contribution in [0, 0.1) is 11.6 Å². The summed E-state index contributed by atoms with van der Waals surface area (Å²) < 4.78 is 26.0. The molecule has 0 spiro atoms. The van der Waals surface area contributed by atoms with Crippen molar-refractivity contribution in [3.8, 4) is 0 Å². The Bertz CT molecular complexity index is 517. The first-order valence-corrected chi connectivity index (χ1v) is 5.50. The van der Waals surface area contributed by atoms with Gasteiger partial charge in [0.1, 0.15) is 0 Å². The SMILES string of the molecule is NNC(Cc1ccncc1)c1ccc(F)c(F)c1. The molecule has 0 fully saturated rings. The highest BCUT2D eigenvalue weighted by Gasteiger charge is 2.13. The van der Waals surface area contributed by atoms with Crippen molar-refractivity contribution < 1.29 is 8.78 Å². The zero-order chi connectivity index (χ0) is 13.0. The maximum absolute atomic E-state index is 13.2. The molecule has 1 atom stereocenters. The average Bonchev–Trinajstić information content (AvgIpc) is 2.40. The molecule has 1 heterocycles. The van der Waals surface area contributed by atoms with Gasteiger partial charge in [-0.3, -0.25) is 16.3 Å². The molecule has 0 aliphatic heterocycles. The van der Waals surface area contributed by atoms with Gasteiger partial charge in [-0.05, 0) is 41.8 Å². The Morgan fingerprint density at radius 1 is 1.11 bits per heavy atom. The van der Waals surface area contributed by atoms with Crippen LogP contribution in [-0.4, -0.2) is 4.98 Å². The number of hydrogen-bond acceptors (Lipinski definition) is 3. The number of hydrogen-bond donors (Lipinski definition) is 2. The lowest BCUT2D eigenvalue weighted by molar-refractivity contribution is 0.497. The standard InChI is InChI=1S/C13H13F2N3/c14-11-2-1-10(8-12(11)15)13(18-16)7-9-3-5-17-6-4-9/h1-6,8,13,18H,7,16H2. The first kappa shape index (κ1) is 12.6. The van der Waals surface area contributed by atoms with Crippen LogP contribution < -0.4 is 11.3 Å². The minimum absolute atomic E-state index is 0.275. The summed E-state index contributed by atoms with van der Waals surface area (Å²) in [5.41, 5.74) is 4.22. The molecule has 0 amide bonds. The lowest BCUT2D eigenvalue weighted by Crippen LogP contribution is -2.29. The van der Waals surface area contributed by atoms with Crippen LogP contribution in [0.2, 0.25) is 0 Å². The van der Waals surface area contributed by atoms with Crippen LogP contribution in [-0.2, 0) is 6.42 Å². The molecule has 1 aromatic carbocycles. The van der Waals surface area contributed by atoms with Crippen molar-refractivity contribution >= 4 is 0 Å². The number of aromatic nitrogens is 1. The largest absolute Gasteiger partial charge is 0.271 e. The Balaban J connectivity index is 2.20. The summed E-state index contributed by atoms with van der Waals surface area (Å²) in [5.74, 6) is 3.72. The van der Waals surface area contributed by atoms with E-state index in [-0.39, 0.29) is 6.04 Å². The summed E-state index contributed by atoms with van der Waals surface area (Å²) in [7, 11) is 0. The van der Waals surface area contributed by atoms with Crippen molar-refractivity contribution in [2.75, 3.05) is 0 Å². The fourth-order valence-electron chi connectivity index (χ4n) is 1.76. The second-order valence-electron chi connectivity index (χ2n) is 3.95. The van der Waals surface area contributed by atoms with Gasteiger partial charge in [0.05, 0.1) is 6.04 Å². The number of nitrogens with zero attached hydrogens (tertiary/aromatic N) is 1. The Hall–Kier alpha value is -1.85. The molecular formula is C13H13F2N3. The van der Waals surface area contributed by atoms with Gasteiger partial charge >= 0.3 is 0 Å². The molecule has 0 radical (unpaired) electrons. The van der Waals surface area contributed by atoms with Crippen LogP contribution in [0.25, 0.3) is 0 Å². The van der Waals surface area contributed by atoms with Gasteiger partial charge in [0, 0.05) is 12.4 Å². The van der Waals surface area contributed by atoms with Crippen molar-refractivity contribution in [1.82, 2.24) is 10.4 Å². The zero-order valence-corrected chi connectivity index (χ0v) is 9.61. The van der Waals surface area contributed by atoms with E-state index < -0.39 is 11.6 Å². The molecule has 2 rings (SSSR count). The molecule has 3 nitrogen and oxygen atoms in total. The van der Waals surface area contributed by atoms with E-state index in [0.717, 1.165) is 17.7 Å². The van der Waals surface area contributed by atoms with Gasteiger partial charge in [0.25, 0.3) is 0 Å². The van der Waals surface area contributed by atoms with Crippen molar-refractivity contribution in [3.05, 3.63) is 65.5 Å². The number of nitrogens with two attached hydrogens (primary N) is 1. The third kappa shape index (κ3) is 2.88. The zero-order valence-electron chi connectivity index (χ0n) is 9.61. The van der Waals surface area contributed by atoms with E-state index in [0.29, 0.717) is 12.0 Å². The maximum Gasteiger partial charge on any atom is 0.159 e. The summed E-state index contributed by atoms with van der Waals surface area (Å²) in [6.45, 7) is 0. The molecule has 0 saturated heterocycles. The number of benzene rings is 1. The van der Waals surface area contributed by atoms with E-state index in [1.165, 1.54) is 6.07 Å². The Kier molecular flexibility index (Phi) is 3.96. The number of nitrogens with one attached hydrogen (secondary N) is 1. The normalized spacial score (nSPS) is 12.4. The Morgan fingerprint density at radius 3 is 2.44 bits per heavy atom. The summed E-state index contributed by atoms with van der Waals surface area (Å²) in [6.07, 6.45) is 3.92.